The molecule has 0 aromatic heterocycles. The van der Waals surface area contributed by atoms with Crippen molar-refractivity contribution in [2.75, 3.05) is 0 Å². The second-order valence-corrected chi connectivity index (χ2v) is 9.46. The smallest absolute Gasteiger partial charge is 0.177 e. The van der Waals surface area contributed by atoms with Crippen LogP contribution in [0.5, 0.6) is 0 Å². The monoisotopic (exact) mass is 264 g/mol. The van der Waals surface area contributed by atoms with Gasteiger partial charge >= 0.3 is 5.80 Å². The second kappa shape index (κ2) is 5.76. The molecule has 2 fully saturated rings. The highest BCUT2D eigenvalue weighted by atomic mass is 28.3. The molecule has 2 aliphatic rings. The summed E-state index contributed by atoms with van der Waals surface area (Å²) in [7, 11) is -2.58. The first-order valence-corrected chi connectivity index (χ1v) is 9.07. The zero-order valence-electron chi connectivity index (χ0n) is 10.4. The first-order valence-electron chi connectivity index (χ1n) is 7.16. The van der Waals surface area contributed by atoms with Gasteiger partial charge in [-0.3, -0.25) is 0 Å². The van der Waals surface area contributed by atoms with Gasteiger partial charge in [0.15, 0.2) is 8.80 Å². The van der Waals surface area contributed by atoms with E-state index in [1.807, 2.05) is 0 Å². The van der Waals surface area contributed by atoms with Gasteiger partial charge in [0.2, 0.25) is 0 Å². The lowest BCUT2D eigenvalue weighted by Gasteiger charge is -2.37. The minimum atomic E-state index is -3.83. The van der Waals surface area contributed by atoms with Crippen LogP contribution in [0.4, 0.5) is 13.2 Å². The summed E-state index contributed by atoms with van der Waals surface area (Å²) in [4.78, 5) is 0. The van der Waals surface area contributed by atoms with Gasteiger partial charge in [-0.15, -0.1) is 0 Å². The molecule has 0 nitrogen and oxygen atoms in total. The maximum absolute atomic E-state index is 13.4. The van der Waals surface area contributed by atoms with Crippen molar-refractivity contribution in [1.82, 2.24) is 0 Å². The van der Waals surface area contributed by atoms with Gasteiger partial charge in [-0.2, -0.15) is 13.2 Å². The van der Waals surface area contributed by atoms with E-state index in [1.165, 1.54) is 0 Å². The molecule has 0 spiro atoms. The summed E-state index contributed by atoms with van der Waals surface area (Å²) in [5.41, 5.74) is 0.124. The molecule has 100 valence electrons. The Labute approximate surface area is 104 Å². The highest BCUT2D eigenvalue weighted by molar-refractivity contribution is 6.64. The molecule has 4 heteroatoms. The van der Waals surface area contributed by atoms with E-state index in [2.05, 4.69) is 0 Å². The molecule has 17 heavy (non-hydrogen) atoms. The molecule has 0 N–H and O–H groups in total. The first-order chi connectivity index (χ1) is 8.09. The van der Waals surface area contributed by atoms with Crippen LogP contribution in [0.1, 0.15) is 64.2 Å². The Hall–Kier alpha value is 0.00688. The van der Waals surface area contributed by atoms with Crippen molar-refractivity contribution < 1.29 is 13.2 Å². The van der Waals surface area contributed by atoms with Crippen molar-refractivity contribution in [2.24, 2.45) is 0 Å². The highest BCUT2D eigenvalue weighted by Gasteiger charge is 2.50. The molecular weight excluding hydrogens is 241 g/mol. The summed E-state index contributed by atoms with van der Waals surface area (Å²) in [6, 6.07) is 0. The summed E-state index contributed by atoms with van der Waals surface area (Å²) >= 11 is 0. The largest absolute Gasteiger partial charge is 0.358 e. The van der Waals surface area contributed by atoms with Gasteiger partial charge in [-0.25, -0.2) is 0 Å². The summed E-state index contributed by atoms with van der Waals surface area (Å²) < 4.78 is 40.1. The van der Waals surface area contributed by atoms with Gasteiger partial charge < -0.3 is 0 Å². The fourth-order valence-corrected chi connectivity index (χ4v) is 8.12. The van der Waals surface area contributed by atoms with Crippen LogP contribution in [-0.4, -0.2) is 14.6 Å². The Kier molecular flexibility index (Phi) is 4.56. The van der Waals surface area contributed by atoms with Crippen molar-refractivity contribution in [3.8, 4) is 0 Å². The fraction of sp³-hybridized carbons (Fsp3) is 1.00. The SMILES string of the molecule is FC(F)(F)[SiH](C1CCCCC1)C1CCCCC1. The molecule has 0 saturated heterocycles. The molecule has 0 radical (unpaired) electrons. The molecule has 2 aliphatic carbocycles. The average molecular weight is 264 g/mol. The average Bonchev–Trinajstić information content (AvgIpc) is 2.30. The molecule has 2 rings (SSSR count). The van der Waals surface area contributed by atoms with Crippen LogP contribution in [-0.2, 0) is 0 Å². The van der Waals surface area contributed by atoms with Crippen LogP contribution in [0.15, 0.2) is 0 Å². The van der Waals surface area contributed by atoms with Crippen molar-refractivity contribution >= 4 is 8.80 Å². The standard InChI is InChI=1S/C13H23F3Si/c14-13(15,16)17(11-7-3-1-4-8-11)12-9-5-2-6-10-12/h11-12,17H,1-10H2. The lowest BCUT2D eigenvalue weighted by atomic mass is 9.99. The van der Waals surface area contributed by atoms with Gasteiger partial charge in [-0.05, 0) is 11.1 Å². The third-order valence-corrected chi connectivity index (χ3v) is 8.81. The minimum absolute atomic E-state index is 0.0619. The van der Waals surface area contributed by atoms with E-state index in [9.17, 15) is 13.2 Å². The van der Waals surface area contributed by atoms with E-state index >= 15 is 0 Å². The lowest BCUT2D eigenvalue weighted by Crippen LogP contribution is -2.43. The Balaban J connectivity index is 2.06. The van der Waals surface area contributed by atoms with E-state index in [0.717, 1.165) is 64.2 Å². The maximum atomic E-state index is 13.4. The van der Waals surface area contributed by atoms with E-state index < -0.39 is 14.6 Å². The number of hydrogen-bond donors (Lipinski definition) is 0. The number of hydrogen-bond acceptors (Lipinski definition) is 0. The third kappa shape index (κ3) is 3.49. The van der Waals surface area contributed by atoms with E-state index in [4.69, 9.17) is 0 Å². The van der Waals surface area contributed by atoms with Gasteiger partial charge in [0, 0.05) is 0 Å². The van der Waals surface area contributed by atoms with Crippen molar-refractivity contribution in [2.45, 2.75) is 81.1 Å². The third-order valence-electron chi connectivity index (χ3n) is 4.69. The van der Waals surface area contributed by atoms with E-state index in [1.54, 1.807) is 0 Å². The molecule has 0 atom stereocenters. The van der Waals surface area contributed by atoms with Crippen LogP contribution in [0.2, 0.25) is 11.1 Å². The van der Waals surface area contributed by atoms with Crippen LogP contribution in [0, 0.1) is 0 Å². The topological polar surface area (TPSA) is 0 Å². The quantitative estimate of drug-likeness (QED) is 0.617. The van der Waals surface area contributed by atoms with Gasteiger partial charge in [0.25, 0.3) is 0 Å². The fourth-order valence-electron chi connectivity index (χ4n) is 3.91. The molecule has 0 aromatic carbocycles. The predicted molar refractivity (Wildman–Crippen MR) is 66.9 cm³/mol. The van der Waals surface area contributed by atoms with Gasteiger partial charge in [0.1, 0.15) is 0 Å². The van der Waals surface area contributed by atoms with Crippen LogP contribution in [0.25, 0.3) is 0 Å². The van der Waals surface area contributed by atoms with Crippen LogP contribution in [0.3, 0.4) is 0 Å². The molecule has 0 heterocycles. The Morgan fingerprint density at radius 3 is 1.29 bits per heavy atom. The molecule has 0 unspecified atom stereocenters. The lowest BCUT2D eigenvalue weighted by molar-refractivity contribution is -0.0558. The summed E-state index contributed by atoms with van der Waals surface area (Å²) in [6.07, 6.45) is 9.93. The van der Waals surface area contributed by atoms with Crippen molar-refractivity contribution in [3.05, 3.63) is 0 Å². The molecule has 0 amide bonds. The number of halogens is 3. The highest BCUT2D eigenvalue weighted by Crippen LogP contribution is 2.47. The van der Waals surface area contributed by atoms with Gasteiger partial charge in [-0.1, -0.05) is 64.2 Å². The van der Waals surface area contributed by atoms with Gasteiger partial charge in [0.05, 0.1) is 0 Å². The van der Waals surface area contributed by atoms with E-state index in [0.29, 0.717) is 0 Å². The van der Waals surface area contributed by atoms with Crippen molar-refractivity contribution in [3.63, 3.8) is 0 Å². The van der Waals surface area contributed by atoms with Crippen molar-refractivity contribution in [1.29, 1.82) is 0 Å². The maximum Gasteiger partial charge on any atom is 0.358 e. The first kappa shape index (κ1) is 13.4. The number of alkyl halides is 3. The second-order valence-electron chi connectivity index (χ2n) is 5.86. The Morgan fingerprint density at radius 1 is 0.647 bits per heavy atom. The molecule has 2 saturated carbocycles. The van der Waals surface area contributed by atoms with E-state index in [-0.39, 0.29) is 11.1 Å². The summed E-state index contributed by atoms with van der Waals surface area (Å²) in [5, 5.41) is 0. The normalized spacial score (nSPS) is 25.4. The summed E-state index contributed by atoms with van der Waals surface area (Å²) in [6.45, 7) is 0. The molecule has 0 aromatic rings. The zero-order valence-corrected chi connectivity index (χ0v) is 11.6. The minimum Gasteiger partial charge on any atom is -0.177 e. The Morgan fingerprint density at radius 2 is 1.00 bits per heavy atom. The van der Waals surface area contributed by atoms with Crippen LogP contribution >= 0.6 is 0 Å². The summed E-state index contributed by atoms with van der Waals surface area (Å²) in [5.74, 6) is -3.83. The number of rotatable bonds is 2. The predicted octanol–water partition coefficient (Wildman–Crippen LogP) is 4.98. The van der Waals surface area contributed by atoms with Crippen LogP contribution < -0.4 is 0 Å². The Bertz CT molecular complexity index is 209. The molecule has 0 aliphatic heterocycles. The molecule has 0 bridgehead atoms. The molecular formula is C13H23F3Si. The zero-order chi connectivity index (χ0) is 12.3.